The average Bonchev–Trinajstić information content (AvgIpc) is 1.91. The molecule has 0 saturated carbocycles. The molecule has 12 heavy (non-hydrogen) atoms. The molecular weight excluding hydrogens is 245 g/mol. The van der Waals surface area contributed by atoms with E-state index in [1.165, 1.54) is 0 Å². The molecule has 7 heteroatoms. The lowest BCUT2D eigenvalue weighted by molar-refractivity contribution is -0.00596. The smallest absolute Gasteiger partial charge is 0.278 e. The quantitative estimate of drug-likeness (QED) is 0.530. The molecule has 0 radical (unpaired) electrons. The lowest BCUT2D eigenvalue weighted by Crippen LogP contribution is -2.21. The van der Waals surface area contributed by atoms with Gasteiger partial charge in [0.25, 0.3) is 5.85 Å². The van der Waals surface area contributed by atoms with E-state index >= 15 is 0 Å². The van der Waals surface area contributed by atoms with Crippen LogP contribution in [0.25, 0.3) is 0 Å². The number of alkyl halides is 1. The third-order valence-corrected chi connectivity index (χ3v) is 2.60. The summed E-state index contributed by atoms with van der Waals surface area (Å²) in [6, 6.07) is 0. The van der Waals surface area contributed by atoms with Gasteiger partial charge < -0.3 is 9.47 Å². The van der Waals surface area contributed by atoms with E-state index in [0.717, 1.165) is 5.82 Å². The zero-order valence-electron chi connectivity index (χ0n) is 5.87. The van der Waals surface area contributed by atoms with Crippen LogP contribution in [0, 0.1) is 0 Å². The SMILES string of the molecule is O=P(Cl)(Cl)/C=C1/OCCOC1Cl. The number of hydrogen-bond acceptors (Lipinski definition) is 3. The molecule has 70 valence electrons. The van der Waals surface area contributed by atoms with E-state index in [1.54, 1.807) is 0 Å². The first-order chi connectivity index (χ1) is 5.49. The summed E-state index contributed by atoms with van der Waals surface area (Å²) < 4.78 is 20.9. The van der Waals surface area contributed by atoms with Crippen molar-refractivity contribution in [1.29, 1.82) is 0 Å². The van der Waals surface area contributed by atoms with Gasteiger partial charge in [0.2, 0.25) is 0 Å². The molecule has 1 aliphatic rings. The van der Waals surface area contributed by atoms with Crippen molar-refractivity contribution in [2.24, 2.45) is 0 Å². The molecule has 1 fully saturated rings. The summed E-state index contributed by atoms with van der Waals surface area (Å²) >= 11 is 16.2. The maximum atomic E-state index is 10.9. The van der Waals surface area contributed by atoms with Crippen molar-refractivity contribution in [2.75, 3.05) is 13.2 Å². The summed E-state index contributed by atoms with van der Waals surface area (Å²) in [7, 11) is 0. The zero-order valence-corrected chi connectivity index (χ0v) is 9.04. The fourth-order valence-electron chi connectivity index (χ4n) is 0.703. The van der Waals surface area contributed by atoms with E-state index in [2.05, 4.69) is 0 Å². The highest BCUT2D eigenvalue weighted by Gasteiger charge is 2.22. The Hall–Kier alpha value is 0.600. The Labute approximate surface area is 84.5 Å². The van der Waals surface area contributed by atoms with Crippen molar-refractivity contribution in [3.05, 3.63) is 11.6 Å². The first-order valence-corrected chi connectivity index (χ1v) is 7.11. The molecule has 0 aromatic carbocycles. The Morgan fingerprint density at radius 1 is 1.50 bits per heavy atom. The summed E-state index contributed by atoms with van der Waals surface area (Å²) in [5.74, 6) is -1.97. The van der Waals surface area contributed by atoms with Gasteiger partial charge in [-0.1, -0.05) is 11.6 Å². The van der Waals surface area contributed by atoms with Gasteiger partial charge in [-0.15, -0.1) is 0 Å². The molecule has 1 saturated heterocycles. The third-order valence-electron chi connectivity index (χ3n) is 1.12. The molecule has 0 spiro atoms. The minimum absolute atomic E-state index is 0.219. The fraction of sp³-hybridized carbons (Fsp3) is 0.600. The molecule has 0 aromatic rings. The highest BCUT2D eigenvalue weighted by Crippen LogP contribution is 2.59. The highest BCUT2D eigenvalue weighted by molar-refractivity contribution is 8.10. The lowest BCUT2D eigenvalue weighted by Gasteiger charge is -2.21. The summed E-state index contributed by atoms with van der Waals surface area (Å²) in [6.07, 6.45) is 0. The van der Waals surface area contributed by atoms with E-state index in [0.29, 0.717) is 13.2 Å². The number of rotatable bonds is 1. The van der Waals surface area contributed by atoms with E-state index < -0.39 is 11.4 Å². The van der Waals surface area contributed by atoms with Crippen molar-refractivity contribution in [3.63, 3.8) is 0 Å². The molecule has 0 amide bonds. The fourth-order valence-corrected chi connectivity index (χ4v) is 2.09. The molecular formula is C5H6Cl3O3P. The van der Waals surface area contributed by atoms with Crippen LogP contribution in [-0.2, 0) is 14.0 Å². The zero-order chi connectivity index (χ0) is 9.19. The van der Waals surface area contributed by atoms with Crippen LogP contribution in [0.4, 0.5) is 0 Å². The predicted molar refractivity (Wildman–Crippen MR) is 48.9 cm³/mol. The third kappa shape index (κ3) is 3.55. The molecule has 1 atom stereocenters. The average molecular weight is 251 g/mol. The number of halogens is 3. The summed E-state index contributed by atoms with van der Waals surface area (Å²) in [5, 5.41) is 0. The van der Waals surface area contributed by atoms with Gasteiger partial charge in [0.1, 0.15) is 12.4 Å². The predicted octanol–water partition coefficient (Wildman–Crippen LogP) is 3.11. The summed E-state index contributed by atoms with van der Waals surface area (Å²) in [4.78, 5) is 0. The minimum atomic E-state index is -3.28. The molecule has 1 rings (SSSR count). The second kappa shape index (κ2) is 4.21. The topological polar surface area (TPSA) is 35.5 Å². The molecule has 1 heterocycles. The Balaban J connectivity index is 2.72. The molecule has 0 N–H and O–H groups in total. The van der Waals surface area contributed by atoms with E-state index in [-0.39, 0.29) is 5.76 Å². The van der Waals surface area contributed by atoms with Crippen LogP contribution in [0.3, 0.4) is 0 Å². The van der Waals surface area contributed by atoms with Crippen LogP contribution < -0.4 is 0 Å². The second-order valence-corrected chi connectivity index (χ2v) is 7.26. The van der Waals surface area contributed by atoms with Gasteiger partial charge in [0, 0.05) is 5.82 Å². The first kappa shape index (κ1) is 10.7. The van der Waals surface area contributed by atoms with Gasteiger partial charge >= 0.3 is 0 Å². The van der Waals surface area contributed by atoms with Gasteiger partial charge in [-0.3, -0.25) is 4.57 Å². The molecule has 1 aliphatic heterocycles. The highest BCUT2D eigenvalue weighted by atomic mass is 35.9. The Morgan fingerprint density at radius 3 is 2.67 bits per heavy atom. The van der Waals surface area contributed by atoms with Crippen molar-refractivity contribution in [3.8, 4) is 0 Å². The minimum Gasteiger partial charge on any atom is -0.491 e. The molecule has 1 unspecified atom stereocenters. The van der Waals surface area contributed by atoms with Crippen LogP contribution in [-0.4, -0.2) is 18.8 Å². The second-order valence-electron chi connectivity index (χ2n) is 2.07. The molecule has 3 nitrogen and oxygen atoms in total. The Morgan fingerprint density at radius 2 is 2.17 bits per heavy atom. The normalized spacial score (nSPS) is 28.6. The summed E-state index contributed by atoms with van der Waals surface area (Å²) in [6.45, 7) is 0.767. The monoisotopic (exact) mass is 250 g/mol. The van der Waals surface area contributed by atoms with Gasteiger partial charge in [0.15, 0.2) is 5.56 Å². The van der Waals surface area contributed by atoms with Gasteiger partial charge in [-0.05, 0) is 22.5 Å². The van der Waals surface area contributed by atoms with Crippen molar-refractivity contribution < 1.29 is 14.0 Å². The number of hydrogen-bond donors (Lipinski definition) is 0. The standard InChI is InChI=1S/C5H6Cl3O3P/c6-5-4(3-12(7,8)9)10-1-2-11-5/h3,5H,1-2H2/b4-3+. The van der Waals surface area contributed by atoms with Crippen LogP contribution in [0.1, 0.15) is 0 Å². The van der Waals surface area contributed by atoms with Crippen molar-refractivity contribution >= 4 is 39.9 Å². The maximum absolute atomic E-state index is 10.9. The van der Waals surface area contributed by atoms with Crippen LogP contribution >= 0.6 is 39.9 Å². The van der Waals surface area contributed by atoms with Crippen LogP contribution in [0.15, 0.2) is 11.6 Å². The number of ether oxygens (including phenoxy) is 2. The molecule has 0 bridgehead atoms. The van der Waals surface area contributed by atoms with Gasteiger partial charge in [-0.2, -0.15) is 0 Å². The largest absolute Gasteiger partial charge is 0.491 e. The van der Waals surface area contributed by atoms with Crippen molar-refractivity contribution in [1.82, 2.24) is 0 Å². The van der Waals surface area contributed by atoms with Gasteiger partial charge in [0.05, 0.1) is 6.61 Å². The molecule has 0 aromatic heterocycles. The Kier molecular flexibility index (Phi) is 3.74. The van der Waals surface area contributed by atoms with Gasteiger partial charge in [-0.25, -0.2) is 0 Å². The van der Waals surface area contributed by atoms with E-state index in [1.807, 2.05) is 0 Å². The van der Waals surface area contributed by atoms with E-state index in [4.69, 9.17) is 43.6 Å². The molecule has 0 aliphatic carbocycles. The van der Waals surface area contributed by atoms with E-state index in [9.17, 15) is 4.57 Å². The van der Waals surface area contributed by atoms with Crippen LogP contribution in [0.5, 0.6) is 0 Å². The first-order valence-electron chi connectivity index (χ1n) is 3.09. The lowest BCUT2D eigenvalue weighted by atomic mass is 10.5. The summed E-state index contributed by atoms with van der Waals surface area (Å²) in [5.41, 5.74) is -0.746. The maximum Gasteiger partial charge on any atom is 0.278 e. The Bertz CT molecular complexity index is 236. The van der Waals surface area contributed by atoms with Crippen molar-refractivity contribution in [2.45, 2.75) is 5.56 Å². The van der Waals surface area contributed by atoms with Crippen LogP contribution in [0.2, 0.25) is 0 Å².